The van der Waals surface area contributed by atoms with Gasteiger partial charge in [0.05, 0.1) is 12.3 Å². The van der Waals surface area contributed by atoms with Crippen molar-refractivity contribution in [3.8, 4) is 11.4 Å². The monoisotopic (exact) mass is 449 g/mol. The molecule has 0 aliphatic carbocycles. The van der Waals surface area contributed by atoms with E-state index in [1.807, 2.05) is 6.92 Å². The summed E-state index contributed by atoms with van der Waals surface area (Å²) in [6.45, 7) is 3.32. The van der Waals surface area contributed by atoms with Gasteiger partial charge >= 0.3 is 0 Å². The zero-order valence-corrected chi connectivity index (χ0v) is 16.9. The number of hydrogen-bond donors (Lipinski definition) is 1. The fourth-order valence-corrected chi connectivity index (χ4v) is 3.37. The lowest BCUT2D eigenvalue weighted by atomic mass is 10.1. The van der Waals surface area contributed by atoms with Crippen LogP contribution in [0.2, 0.25) is 0 Å². The summed E-state index contributed by atoms with van der Waals surface area (Å²) in [6, 6.07) is 10.3. The molecule has 28 heavy (non-hydrogen) atoms. The van der Waals surface area contributed by atoms with Crippen molar-refractivity contribution in [2.75, 3.05) is 0 Å². The molecule has 0 saturated carbocycles. The highest BCUT2D eigenvalue weighted by molar-refractivity contribution is 9.10. The van der Waals surface area contributed by atoms with E-state index >= 15 is 0 Å². The number of aliphatic hydroxyl groups is 1. The summed E-state index contributed by atoms with van der Waals surface area (Å²) in [5.41, 5.74) is 2.64. The number of pyridine rings is 1. The molecule has 0 aliphatic rings. The molecule has 2 aromatic carbocycles. The number of nitrogens with zero attached hydrogens (tertiary/aromatic N) is 1. The lowest BCUT2D eigenvalue weighted by Crippen LogP contribution is -2.23. The van der Waals surface area contributed by atoms with Gasteiger partial charge in [-0.15, -0.1) is 0 Å². The van der Waals surface area contributed by atoms with Crippen LogP contribution in [0, 0.1) is 25.5 Å². The van der Waals surface area contributed by atoms with E-state index in [0.717, 1.165) is 23.3 Å². The molecule has 0 saturated heterocycles. The summed E-state index contributed by atoms with van der Waals surface area (Å²) in [5.74, 6) is -1.11. The van der Waals surface area contributed by atoms with Gasteiger partial charge in [0.1, 0.15) is 28.5 Å². The molecule has 7 heteroatoms. The average Bonchev–Trinajstić information content (AvgIpc) is 2.66. The highest BCUT2D eigenvalue weighted by Gasteiger charge is 2.16. The van der Waals surface area contributed by atoms with Crippen LogP contribution in [0.5, 0.6) is 5.75 Å². The van der Waals surface area contributed by atoms with Gasteiger partial charge in [0.2, 0.25) is 0 Å². The summed E-state index contributed by atoms with van der Waals surface area (Å²) in [7, 11) is 0. The Morgan fingerprint density at radius 3 is 2.54 bits per heavy atom. The number of aryl methyl sites for hydroxylation is 1. The number of hydrogen-bond acceptors (Lipinski definition) is 3. The van der Waals surface area contributed by atoms with E-state index < -0.39 is 11.6 Å². The third-order valence-corrected chi connectivity index (χ3v) is 5.26. The van der Waals surface area contributed by atoms with Gasteiger partial charge in [0, 0.05) is 23.4 Å². The van der Waals surface area contributed by atoms with Gasteiger partial charge in [-0.25, -0.2) is 8.78 Å². The normalized spacial score (nSPS) is 10.9. The first-order chi connectivity index (χ1) is 13.3. The zero-order valence-electron chi connectivity index (χ0n) is 15.3. The molecular formula is C21H18BrF2NO3. The minimum atomic E-state index is -0.711. The predicted octanol–water partition coefficient (Wildman–Crippen LogP) is 4.57. The lowest BCUT2D eigenvalue weighted by molar-refractivity contribution is 0.281. The second-order valence-electron chi connectivity index (χ2n) is 6.35. The van der Waals surface area contributed by atoms with Crippen molar-refractivity contribution in [2.45, 2.75) is 27.1 Å². The first-order valence-corrected chi connectivity index (χ1v) is 9.31. The van der Waals surface area contributed by atoms with E-state index in [-0.39, 0.29) is 34.6 Å². The van der Waals surface area contributed by atoms with Crippen molar-refractivity contribution in [1.29, 1.82) is 0 Å². The molecule has 1 N–H and O–H groups in total. The number of ether oxygens (including phenoxy) is 1. The van der Waals surface area contributed by atoms with E-state index in [1.54, 1.807) is 31.2 Å². The molecule has 0 spiro atoms. The van der Waals surface area contributed by atoms with Gasteiger partial charge in [-0.1, -0.05) is 12.1 Å². The van der Waals surface area contributed by atoms with Gasteiger partial charge in [0.15, 0.2) is 0 Å². The number of benzene rings is 2. The van der Waals surface area contributed by atoms with Crippen molar-refractivity contribution in [3.63, 3.8) is 0 Å². The van der Waals surface area contributed by atoms with Crippen molar-refractivity contribution >= 4 is 15.9 Å². The molecule has 0 atom stereocenters. The molecule has 1 aromatic heterocycles. The van der Waals surface area contributed by atoms with Gasteiger partial charge in [-0.2, -0.15) is 0 Å². The largest absolute Gasteiger partial charge is 0.487 e. The Balaban J connectivity index is 1.98. The van der Waals surface area contributed by atoms with Crippen LogP contribution in [0.15, 0.2) is 51.7 Å². The maximum absolute atomic E-state index is 13.8. The summed E-state index contributed by atoms with van der Waals surface area (Å²) in [4.78, 5) is 12.9. The highest BCUT2D eigenvalue weighted by atomic mass is 79.9. The fraction of sp³-hybridized carbons (Fsp3) is 0.190. The molecule has 0 bridgehead atoms. The van der Waals surface area contributed by atoms with Crippen LogP contribution in [0.1, 0.15) is 22.4 Å². The summed E-state index contributed by atoms with van der Waals surface area (Å²) >= 11 is 3.26. The third-order valence-electron chi connectivity index (χ3n) is 4.53. The van der Waals surface area contributed by atoms with Gasteiger partial charge in [0.25, 0.3) is 5.56 Å². The molecule has 0 unspecified atom stereocenters. The molecule has 146 valence electrons. The number of halogens is 3. The van der Waals surface area contributed by atoms with Crippen LogP contribution in [-0.2, 0) is 13.2 Å². The van der Waals surface area contributed by atoms with Crippen LogP contribution < -0.4 is 10.3 Å². The molecule has 0 fully saturated rings. The van der Waals surface area contributed by atoms with E-state index in [9.17, 15) is 18.7 Å². The van der Waals surface area contributed by atoms with E-state index in [1.165, 1.54) is 10.6 Å². The first kappa shape index (κ1) is 20.2. The van der Waals surface area contributed by atoms with Crippen LogP contribution in [0.3, 0.4) is 0 Å². The van der Waals surface area contributed by atoms with Crippen LogP contribution in [-0.4, -0.2) is 9.67 Å². The molecule has 1 heterocycles. The maximum atomic E-state index is 13.8. The van der Waals surface area contributed by atoms with Crippen molar-refractivity contribution in [3.05, 3.63) is 91.3 Å². The fourth-order valence-electron chi connectivity index (χ4n) is 2.96. The average molecular weight is 450 g/mol. The summed E-state index contributed by atoms with van der Waals surface area (Å²) in [5, 5.41) is 9.47. The van der Waals surface area contributed by atoms with E-state index in [4.69, 9.17) is 4.74 Å². The minimum Gasteiger partial charge on any atom is -0.487 e. The van der Waals surface area contributed by atoms with Crippen LogP contribution in [0.25, 0.3) is 5.69 Å². The van der Waals surface area contributed by atoms with Crippen molar-refractivity contribution < 1.29 is 18.6 Å². The molecule has 3 aromatic rings. The first-order valence-electron chi connectivity index (χ1n) is 8.52. The zero-order chi connectivity index (χ0) is 20.4. The summed E-state index contributed by atoms with van der Waals surface area (Å²) < 4.78 is 34.1. The van der Waals surface area contributed by atoms with Gasteiger partial charge < -0.3 is 9.84 Å². The Hall–Kier alpha value is -2.51. The standard InChI is InChI=1S/C21H18BrF2NO3/c1-12-8-19(28-11-15-6-7-16(23)9-17(15)24)20(22)21(27)25(12)18-5-3-4-14(10-26)13(18)2/h3-9,26H,10-11H2,1-2H3. The third kappa shape index (κ3) is 3.86. The van der Waals surface area contributed by atoms with Crippen LogP contribution >= 0.6 is 15.9 Å². The van der Waals surface area contributed by atoms with Crippen molar-refractivity contribution in [1.82, 2.24) is 4.57 Å². The second kappa shape index (κ2) is 8.24. The van der Waals surface area contributed by atoms with Gasteiger partial charge in [-0.05, 0) is 59.1 Å². The topological polar surface area (TPSA) is 51.5 Å². The Bertz CT molecular complexity index is 1100. The Kier molecular flexibility index (Phi) is 5.96. The molecule has 0 aliphatic heterocycles. The number of aromatic nitrogens is 1. The summed E-state index contributed by atoms with van der Waals surface area (Å²) in [6.07, 6.45) is 0. The molecule has 3 rings (SSSR count). The lowest BCUT2D eigenvalue weighted by Gasteiger charge is -2.17. The number of aliphatic hydroxyl groups excluding tert-OH is 1. The maximum Gasteiger partial charge on any atom is 0.273 e. The SMILES string of the molecule is Cc1c(CO)cccc1-n1c(C)cc(OCc2ccc(F)cc2F)c(Br)c1=O. The Morgan fingerprint density at radius 2 is 1.86 bits per heavy atom. The Morgan fingerprint density at radius 1 is 1.11 bits per heavy atom. The minimum absolute atomic E-state index is 0.126. The quantitative estimate of drug-likeness (QED) is 0.620. The predicted molar refractivity (Wildman–Crippen MR) is 106 cm³/mol. The smallest absolute Gasteiger partial charge is 0.273 e. The van der Waals surface area contributed by atoms with Crippen molar-refractivity contribution in [2.24, 2.45) is 0 Å². The van der Waals surface area contributed by atoms with E-state index in [2.05, 4.69) is 15.9 Å². The molecule has 0 radical (unpaired) electrons. The Labute approximate surface area is 169 Å². The molecule has 0 amide bonds. The highest BCUT2D eigenvalue weighted by Crippen LogP contribution is 2.27. The number of rotatable bonds is 5. The molecule has 4 nitrogen and oxygen atoms in total. The van der Waals surface area contributed by atoms with Crippen LogP contribution in [0.4, 0.5) is 8.78 Å². The van der Waals surface area contributed by atoms with E-state index in [0.29, 0.717) is 11.4 Å². The second-order valence-corrected chi connectivity index (χ2v) is 7.14. The van der Waals surface area contributed by atoms with Gasteiger partial charge in [-0.3, -0.25) is 9.36 Å². The molecular weight excluding hydrogens is 432 g/mol.